The Morgan fingerprint density at radius 3 is 2.61 bits per heavy atom. The van der Waals surface area contributed by atoms with Crippen molar-refractivity contribution in [3.05, 3.63) is 120 Å². The molecule has 0 spiro atoms. The van der Waals surface area contributed by atoms with Gasteiger partial charge in [0, 0.05) is 5.02 Å². The Labute approximate surface area is 198 Å². The van der Waals surface area contributed by atoms with Crippen molar-refractivity contribution in [3.63, 3.8) is 0 Å². The van der Waals surface area contributed by atoms with Crippen molar-refractivity contribution in [2.24, 2.45) is 4.99 Å². The number of allylic oxidation sites excluding steroid dienone is 1. The molecule has 5 nitrogen and oxygen atoms in total. The van der Waals surface area contributed by atoms with Crippen LogP contribution in [0.5, 0.6) is 11.5 Å². The maximum Gasteiger partial charge on any atom is 0.271 e. The molecule has 0 aliphatic carbocycles. The van der Waals surface area contributed by atoms with Crippen LogP contribution in [0, 0.1) is 0 Å². The van der Waals surface area contributed by atoms with E-state index in [0.29, 0.717) is 25.9 Å². The zero-order chi connectivity index (χ0) is 22.4. The zero-order valence-corrected chi connectivity index (χ0v) is 18.8. The summed E-state index contributed by atoms with van der Waals surface area (Å²) < 4.78 is 13.2. The number of halogens is 1. The van der Waals surface area contributed by atoms with Crippen molar-refractivity contribution in [3.8, 4) is 11.5 Å². The standard InChI is InChI=1S/C26H17ClN2O3S/c27-19-9-7-18(8-10-19)21-14-20(17-4-2-1-3-5-17)28-26-29(21)25(30)24(33-26)13-16-6-11-22-23(12-16)32-15-31-22/h1-14,21H,15H2. The Balaban J connectivity index is 1.53. The second kappa shape index (κ2) is 8.06. The summed E-state index contributed by atoms with van der Waals surface area (Å²) in [6, 6.07) is 22.9. The fraction of sp³-hybridized carbons (Fsp3) is 0.0769. The van der Waals surface area contributed by atoms with Crippen molar-refractivity contribution in [2.45, 2.75) is 6.04 Å². The third kappa shape index (κ3) is 3.67. The molecular weight excluding hydrogens is 456 g/mol. The molecule has 1 unspecified atom stereocenters. The van der Waals surface area contributed by atoms with Crippen LogP contribution >= 0.6 is 22.9 Å². The largest absolute Gasteiger partial charge is 0.454 e. The third-order valence-corrected chi connectivity index (χ3v) is 6.86. The van der Waals surface area contributed by atoms with E-state index in [1.807, 2.05) is 84.9 Å². The highest BCUT2D eigenvalue weighted by Gasteiger charge is 2.22. The predicted molar refractivity (Wildman–Crippen MR) is 130 cm³/mol. The Morgan fingerprint density at radius 1 is 1.00 bits per heavy atom. The van der Waals surface area contributed by atoms with Crippen molar-refractivity contribution >= 4 is 34.7 Å². The summed E-state index contributed by atoms with van der Waals surface area (Å²) in [6.07, 6.45) is 3.90. The van der Waals surface area contributed by atoms with Gasteiger partial charge in [-0.1, -0.05) is 71.5 Å². The van der Waals surface area contributed by atoms with Crippen LogP contribution in [0.25, 0.3) is 11.8 Å². The Hall–Kier alpha value is -3.61. The second-order valence-corrected chi connectivity index (χ2v) is 9.15. The highest BCUT2D eigenvalue weighted by molar-refractivity contribution is 7.07. The number of hydrogen-bond donors (Lipinski definition) is 0. The van der Waals surface area contributed by atoms with Crippen LogP contribution < -0.4 is 24.4 Å². The van der Waals surface area contributed by atoms with E-state index in [2.05, 4.69) is 0 Å². The molecule has 0 amide bonds. The number of nitrogens with zero attached hydrogens (tertiary/aromatic N) is 2. The quantitative estimate of drug-likeness (QED) is 0.444. The summed E-state index contributed by atoms with van der Waals surface area (Å²) in [5.74, 6) is 1.39. The number of aromatic nitrogens is 1. The number of thiazole rings is 1. The SMILES string of the molecule is O=c1c(=Cc2ccc3c(c2)OCO3)sc2n1C(c1ccc(Cl)cc1)C=C(c1ccccc1)N=2. The maximum atomic E-state index is 13.5. The van der Waals surface area contributed by atoms with Crippen LogP contribution in [0.4, 0.5) is 0 Å². The maximum absolute atomic E-state index is 13.5. The van der Waals surface area contributed by atoms with Gasteiger partial charge in [-0.3, -0.25) is 9.36 Å². The summed E-state index contributed by atoms with van der Waals surface area (Å²) in [7, 11) is 0. The molecule has 1 aromatic heterocycles. The molecule has 0 N–H and O–H groups in total. The molecular formula is C26H17ClN2O3S. The fourth-order valence-corrected chi connectivity index (χ4v) is 5.15. The molecule has 0 radical (unpaired) electrons. The van der Waals surface area contributed by atoms with Gasteiger partial charge in [0.05, 0.1) is 16.3 Å². The number of ether oxygens (including phenoxy) is 2. The van der Waals surface area contributed by atoms with Gasteiger partial charge in [0.25, 0.3) is 5.56 Å². The first-order chi connectivity index (χ1) is 16.2. The molecule has 3 heterocycles. The summed E-state index contributed by atoms with van der Waals surface area (Å²) in [5.41, 5.74) is 3.60. The van der Waals surface area contributed by atoms with Gasteiger partial charge in [-0.05, 0) is 53.1 Å². The van der Waals surface area contributed by atoms with Crippen LogP contribution in [0.15, 0.2) is 88.7 Å². The van der Waals surface area contributed by atoms with Crippen molar-refractivity contribution in [1.82, 2.24) is 4.57 Å². The van der Waals surface area contributed by atoms with Gasteiger partial charge in [0.2, 0.25) is 6.79 Å². The number of benzene rings is 3. The van der Waals surface area contributed by atoms with E-state index in [4.69, 9.17) is 26.1 Å². The lowest BCUT2D eigenvalue weighted by atomic mass is 10.0. The molecule has 0 fully saturated rings. The summed E-state index contributed by atoms with van der Waals surface area (Å²) in [6.45, 7) is 0.213. The van der Waals surface area contributed by atoms with Crippen LogP contribution in [-0.2, 0) is 0 Å². The van der Waals surface area contributed by atoms with Crippen LogP contribution in [0.1, 0.15) is 22.7 Å². The minimum Gasteiger partial charge on any atom is -0.454 e. The average molecular weight is 473 g/mol. The van der Waals surface area contributed by atoms with Gasteiger partial charge >= 0.3 is 0 Å². The second-order valence-electron chi connectivity index (χ2n) is 7.71. The monoisotopic (exact) mass is 472 g/mol. The number of fused-ring (bicyclic) bond motifs is 2. The van der Waals surface area contributed by atoms with Gasteiger partial charge in [-0.2, -0.15) is 0 Å². The van der Waals surface area contributed by atoms with E-state index < -0.39 is 0 Å². The van der Waals surface area contributed by atoms with E-state index in [-0.39, 0.29) is 18.4 Å². The minimum atomic E-state index is -0.285. The molecule has 4 aromatic rings. The smallest absolute Gasteiger partial charge is 0.271 e. The van der Waals surface area contributed by atoms with Gasteiger partial charge in [-0.15, -0.1) is 0 Å². The molecule has 1 atom stereocenters. The molecule has 2 aliphatic heterocycles. The number of hydrogen-bond acceptors (Lipinski definition) is 5. The summed E-state index contributed by atoms with van der Waals surface area (Å²) in [5, 5.41) is 0.654. The van der Waals surface area contributed by atoms with Crippen molar-refractivity contribution in [1.29, 1.82) is 0 Å². The van der Waals surface area contributed by atoms with Gasteiger partial charge < -0.3 is 9.47 Å². The van der Waals surface area contributed by atoms with E-state index in [1.165, 1.54) is 11.3 Å². The molecule has 162 valence electrons. The van der Waals surface area contributed by atoms with Gasteiger partial charge in [-0.25, -0.2) is 4.99 Å². The molecule has 2 aliphatic rings. The molecule has 7 heteroatoms. The highest BCUT2D eigenvalue weighted by atomic mass is 35.5. The summed E-state index contributed by atoms with van der Waals surface area (Å²) >= 11 is 7.50. The normalized spacial score (nSPS) is 16.8. The molecule has 33 heavy (non-hydrogen) atoms. The Morgan fingerprint density at radius 2 is 1.79 bits per heavy atom. The highest BCUT2D eigenvalue weighted by Crippen LogP contribution is 2.32. The first-order valence-corrected chi connectivity index (χ1v) is 11.6. The lowest BCUT2D eigenvalue weighted by Crippen LogP contribution is -2.36. The topological polar surface area (TPSA) is 52.8 Å². The van der Waals surface area contributed by atoms with E-state index in [0.717, 1.165) is 22.4 Å². The zero-order valence-electron chi connectivity index (χ0n) is 17.3. The van der Waals surface area contributed by atoms with E-state index in [1.54, 1.807) is 4.57 Å². The van der Waals surface area contributed by atoms with Crippen LogP contribution in [0.2, 0.25) is 5.02 Å². The number of rotatable bonds is 3. The Bertz CT molecular complexity index is 1570. The lowest BCUT2D eigenvalue weighted by molar-refractivity contribution is 0.174. The average Bonchev–Trinajstić information content (AvgIpc) is 3.44. The third-order valence-electron chi connectivity index (χ3n) is 5.62. The first-order valence-electron chi connectivity index (χ1n) is 10.4. The molecule has 3 aromatic carbocycles. The van der Waals surface area contributed by atoms with Crippen LogP contribution in [-0.4, -0.2) is 11.4 Å². The van der Waals surface area contributed by atoms with Crippen molar-refractivity contribution < 1.29 is 9.47 Å². The first kappa shape index (κ1) is 20.0. The summed E-state index contributed by atoms with van der Waals surface area (Å²) in [4.78, 5) is 19.0. The molecule has 0 saturated carbocycles. The lowest BCUT2D eigenvalue weighted by Gasteiger charge is -2.19. The minimum absolute atomic E-state index is 0.0836. The molecule has 0 saturated heterocycles. The van der Waals surface area contributed by atoms with E-state index in [9.17, 15) is 4.79 Å². The van der Waals surface area contributed by atoms with Gasteiger partial charge in [0.1, 0.15) is 0 Å². The molecule has 6 rings (SSSR count). The predicted octanol–water partition coefficient (Wildman–Crippen LogP) is 4.38. The van der Waals surface area contributed by atoms with Gasteiger partial charge in [0.15, 0.2) is 16.3 Å². The Kier molecular flexibility index (Phi) is 4.89. The fourth-order valence-electron chi connectivity index (χ4n) is 4.00. The van der Waals surface area contributed by atoms with E-state index >= 15 is 0 Å². The van der Waals surface area contributed by atoms with Crippen LogP contribution in [0.3, 0.4) is 0 Å². The molecule has 0 bridgehead atoms. The van der Waals surface area contributed by atoms with Crippen molar-refractivity contribution in [2.75, 3.05) is 6.79 Å².